The zero-order chi connectivity index (χ0) is 41.1. The number of H-pyrrole nitrogens is 1. The number of aromatic amines is 1. The third kappa shape index (κ3) is 8.29. The molecule has 0 spiro atoms. The van der Waals surface area contributed by atoms with E-state index in [9.17, 15) is 23.8 Å². The lowest BCUT2D eigenvalue weighted by Crippen LogP contribution is -2.39. The molecule has 5 unspecified atom stereocenters. The standard InChI is InChI=1S/C31H33ClN10O12P2S2/c1-13(2)26(43)39-31-38-25-20(27(44)40-31)35-12-42(25)28-22-21(52-29(45)14-6-4-3-5-7-14)17(51-28)10-49-55(46,57)53-15-8-18(50-16(15)9-48-56(47,58)54-22)41-11-34-19-23(33)36-30(32)37-24(19)41/h3-7,11-13,15-18,21-22,28H,8-10H2,1-2H3,(H,46,57)(H,47,58)(H2,33,36,37)(H2,38,39,40,43,44)/t15?,16-,17-,18-,21?,22?,28-,55?,56?/m1/s1. The summed E-state index contributed by atoms with van der Waals surface area (Å²) in [6, 6.07) is 7.96. The van der Waals surface area contributed by atoms with Crippen LogP contribution in [0.15, 0.2) is 47.8 Å². The van der Waals surface area contributed by atoms with Gasteiger partial charge in [0.1, 0.15) is 24.0 Å². The first kappa shape index (κ1) is 40.9. The highest BCUT2D eigenvalue weighted by molar-refractivity contribution is 8.44. The largest absolute Gasteiger partial charge is 0.453 e. The van der Waals surface area contributed by atoms with Gasteiger partial charge in [-0.15, -0.1) is 0 Å². The molecule has 9 atom stereocenters. The molecule has 1 aromatic carbocycles. The highest BCUT2D eigenvalue weighted by Crippen LogP contribution is 2.58. The number of thiol groups is 1. The van der Waals surface area contributed by atoms with Crippen molar-refractivity contribution in [3.05, 3.63) is 64.2 Å². The van der Waals surface area contributed by atoms with Crippen LogP contribution >= 0.6 is 37.4 Å². The van der Waals surface area contributed by atoms with Crippen molar-refractivity contribution < 1.29 is 51.4 Å². The number of benzene rings is 1. The number of ether oxygens (including phenoxy) is 3. The molecule has 3 aliphatic heterocycles. The number of aromatic nitrogens is 8. The first-order chi connectivity index (χ1) is 27.6. The van der Waals surface area contributed by atoms with E-state index >= 15 is 0 Å². The van der Waals surface area contributed by atoms with Crippen LogP contribution in [0.2, 0.25) is 5.28 Å². The van der Waals surface area contributed by atoms with Crippen molar-refractivity contribution in [2.24, 2.45) is 5.92 Å². The summed E-state index contributed by atoms with van der Waals surface area (Å²) in [6.07, 6.45) is -6.08. The highest BCUT2D eigenvalue weighted by atomic mass is 35.5. The molecule has 0 radical (unpaired) electrons. The van der Waals surface area contributed by atoms with Crippen molar-refractivity contribution in [1.82, 2.24) is 39.0 Å². The average molecular weight is 899 g/mol. The van der Waals surface area contributed by atoms with E-state index in [-0.39, 0.29) is 51.4 Å². The fourth-order valence-corrected chi connectivity index (χ4v) is 9.59. The first-order valence-electron chi connectivity index (χ1n) is 17.4. The number of imidazole rings is 2. The molecule has 58 heavy (non-hydrogen) atoms. The van der Waals surface area contributed by atoms with Crippen molar-refractivity contribution in [2.75, 3.05) is 24.3 Å². The van der Waals surface area contributed by atoms with Gasteiger partial charge in [0.05, 0.1) is 37.5 Å². The van der Waals surface area contributed by atoms with E-state index in [0.717, 1.165) is 0 Å². The Morgan fingerprint density at radius 2 is 1.74 bits per heavy atom. The number of hydrogen-bond acceptors (Lipinski definition) is 18. The van der Waals surface area contributed by atoms with Gasteiger partial charge >= 0.3 is 19.5 Å². The van der Waals surface area contributed by atoms with E-state index in [1.807, 2.05) is 0 Å². The van der Waals surface area contributed by atoms with E-state index in [0.29, 0.717) is 0 Å². The number of carbonyl (C=O) groups excluding carboxylic acids is 2. The molecule has 8 rings (SSSR count). The zero-order valence-electron chi connectivity index (χ0n) is 30.1. The van der Waals surface area contributed by atoms with Crippen LogP contribution in [0, 0.1) is 5.92 Å². The molecule has 7 heterocycles. The van der Waals surface area contributed by atoms with E-state index in [1.54, 1.807) is 32.0 Å². The van der Waals surface area contributed by atoms with Gasteiger partial charge in [-0.25, -0.2) is 19.3 Å². The van der Waals surface area contributed by atoms with Crippen LogP contribution in [-0.4, -0.2) is 99.5 Å². The molecule has 4 aromatic heterocycles. The molecular weight excluding hydrogens is 866 g/mol. The van der Waals surface area contributed by atoms with Gasteiger partial charge in [-0.1, -0.05) is 44.3 Å². The summed E-state index contributed by atoms with van der Waals surface area (Å²) in [5.41, 5.74) is 5.66. The quantitative estimate of drug-likeness (QED) is 0.0708. The lowest BCUT2D eigenvalue weighted by molar-refractivity contribution is -0.118. The number of nitrogen functional groups attached to an aromatic ring is 1. The second-order valence-corrected chi connectivity index (χ2v) is 19.5. The van der Waals surface area contributed by atoms with Gasteiger partial charge in [0, 0.05) is 12.3 Å². The van der Waals surface area contributed by atoms with Crippen LogP contribution in [0.5, 0.6) is 0 Å². The Balaban J connectivity index is 1.15. The Labute approximate surface area is 342 Å². The average Bonchev–Trinajstić information content (AvgIpc) is 3.95. The molecular formula is C31H33ClN10O12P2S2. The molecule has 1 amide bonds. The number of nitrogens with zero attached hydrogens (tertiary/aromatic N) is 7. The minimum absolute atomic E-state index is 0.0302. The predicted molar refractivity (Wildman–Crippen MR) is 209 cm³/mol. The van der Waals surface area contributed by atoms with Gasteiger partial charge < -0.3 is 33.9 Å². The summed E-state index contributed by atoms with van der Waals surface area (Å²) in [4.78, 5) is 74.0. The summed E-state index contributed by atoms with van der Waals surface area (Å²) in [5, 5.41) is 2.40. The lowest BCUT2D eigenvalue weighted by Gasteiger charge is -2.27. The third-order valence-corrected chi connectivity index (χ3v) is 12.6. The van der Waals surface area contributed by atoms with Crippen LogP contribution in [0.4, 0.5) is 11.8 Å². The first-order valence-corrected chi connectivity index (χ1v) is 23.0. The number of esters is 1. The number of nitrogens with one attached hydrogen (secondary N) is 2. The number of carbonyl (C=O) groups is 2. The Bertz CT molecular complexity index is 2560. The topological polar surface area (TPSA) is 281 Å². The molecule has 27 heteroatoms. The third-order valence-electron chi connectivity index (χ3n) is 9.25. The maximum Gasteiger partial charge on any atom is 0.386 e. The summed E-state index contributed by atoms with van der Waals surface area (Å²) in [5.74, 6) is -1.88. The molecule has 5 aromatic rings. The molecule has 2 bridgehead atoms. The molecule has 3 saturated heterocycles. The van der Waals surface area contributed by atoms with Gasteiger partial charge in [-0.05, 0) is 35.5 Å². The fraction of sp³-hybridized carbons (Fsp3) is 0.419. The summed E-state index contributed by atoms with van der Waals surface area (Å²) < 4.78 is 59.2. The summed E-state index contributed by atoms with van der Waals surface area (Å²) in [6.45, 7) is -6.44. The van der Waals surface area contributed by atoms with Crippen molar-refractivity contribution in [3.63, 3.8) is 0 Å². The monoisotopic (exact) mass is 898 g/mol. The molecule has 308 valence electrons. The number of hydrogen-bond donors (Lipinski definition) is 5. The Morgan fingerprint density at radius 3 is 2.50 bits per heavy atom. The highest BCUT2D eigenvalue weighted by Gasteiger charge is 2.53. The second-order valence-electron chi connectivity index (χ2n) is 13.5. The number of nitrogens with two attached hydrogens (primary N) is 1. The van der Waals surface area contributed by atoms with Crippen molar-refractivity contribution in [3.8, 4) is 0 Å². The van der Waals surface area contributed by atoms with Crippen molar-refractivity contribution in [1.29, 1.82) is 0 Å². The summed E-state index contributed by atoms with van der Waals surface area (Å²) >= 11 is 15.8. The van der Waals surface area contributed by atoms with Crippen molar-refractivity contribution >= 4 is 95.1 Å². The minimum Gasteiger partial charge on any atom is -0.453 e. The van der Waals surface area contributed by atoms with Gasteiger partial charge in [0.15, 0.2) is 41.1 Å². The van der Waals surface area contributed by atoms with E-state index in [4.69, 9.17) is 61.4 Å². The number of halogens is 1. The molecule has 22 nitrogen and oxygen atoms in total. The molecule has 0 saturated carbocycles. The fourth-order valence-electron chi connectivity index (χ4n) is 6.49. The normalized spacial score (nSPS) is 30.4. The smallest absolute Gasteiger partial charge is 0.386 e. The summed E-state index contributed by atoms with van der Waals surface area (Å²) in [7, 11) is 0. The Morgan fingerprint density at radius 1 is 1.03 bits per heavy atom. The van der Waals surface area contributed by atoms with Crippen LogP contribution < -0.4 is 16.6 Å². The Kier molecular flexibility index (Phi) is 11.2. The lowest BCUT2D eigenvalue weighted by atomic mass is 10.1. The SMILES string of the molecule is CC(C)C(=O)Nc1nc2c(ncn2[C@@H]2O[C@@H]3COP(O)(=S)OC4C[C@H](n5cnc6c(N)nc(Cl)nc65)O[C@@H]4COP(=O)(S)OC2C3OC(=O)c2ccccc2)c(=O)[nH]1. The van der Waals surface area contributed by atoms with Gasteiger partial charge in [-0.3, -0.25) is 38.1 Å². The second kappa shape index (κ2) is 15.9. The molecule has 5 N–H and O–H groups in total. The number of anilines is 2. The number of amides is 1. The number of fused-ring (bicyclic) bond motifs is 5. The minimum atomic E-state index is -4.50. The van der Waals surface area contributed by atoms with E-state index in [2.05, 4.69) is 47.5 Å². The van der Waals surface area contributed by atoms with E-state index in [1.165, 1.54) is 33.9 Å². The van der Waals surface area contributed by atoms with Gasteiger partial charge in [0.2, 0.25) is 17.1 Å². The molecule has 0 aliphatic carbocycles. The molecule has 3 fully saturated rings. The maximum absolute atomic E-state index is 14.2. The van der Waals surface area contributed by atoms with Gasteiger partial charge in [-0.2, -0.15) is 15.0 Å². The van der Waals surface area contributed by atoms with Crippen LogP contribution in [0.25, 0.3) is 22.3 Å². The molecule has 3 aliphatic rings. The van der Waals surface area contributed by atoms with E-state index < -0.39 is 93.1 Å². The Hall–Kier alpha value is -3.90. The van der Waals surface area contributed by atoms with Crippen LogP contribution in [-0.2, 0) is 53.5 Å². The number of rotatable bonds is 6. The van der Waals surface area contributed by atoms with Crippen molar-refractivity contribution in [2.45, 2.75) is 63.2 Å². The van der Waals surface area contributed by atoms with Crippen LogP contribution in [0.1, 0.15) is 43.1 Å². The van der Waals surface area contributed by atoms with Crippen LogP contribution in [0.3, 0.4) is 0 Å². The van der Waals surface area contributed by atoms with Gasteiger partial charge in [0.25, 0.3) is 5.56 Å². The predicted octanol–water partition coefficient (Wildman–Crippen LogP) is 3.27. The maximum atomic E-state index is 14.2. The zero-order valence-corrected chi connectivity index (χ0v) is 34.3.